The first-order valence-corrected chi connectivity index (χ1v) is 9.92. The molecule has 2 N–H and O–H groups in total. The molecular formula is C16H18FNO3S2. The van der Waals surface area contributed by atoms with E-state index >= 15 is 0 Å². The van der Waals surface area contributed by atoms with E-state index in [2.05, 4.69) is 4.72 Å². The summed E-state index contributed by atoms with van der Waals surface area (Å²) in [4.78, 5) is 0.916. The summed E-state index contributed by atoms with van der Waals surface area (Å²) in [6, 6.07) is 9.26. The molecule has 0 spiro atoms. The number of hydrogen-bond acceptors (Lipinski definition) is 4. The van der Waals surface area contributed by atoms with Crippen molar-refractivity contribution < 1.29 is 17.9 Å². The van der Waals surface area contributed by atoms with E-state index in [1.54, 1.807) is 6.07 Å². The minimum absolute atomic E-state index is 0.0686. The minimum Gasteiger partial charge on any atom is -0.393 e. The van der Waals surface area contributed by atoms with Crippen LogP contribution in [-0.4, -0.2) is 19.6 Å². The van der Waals surface area contributed by atoms with Crippen molar-refractivity contribution in [1.29, 1.82) is 0 Å². The summed E-state index contributed by atoms with van der Waals surface area (Å²) in [5, 5.41) is 11.4. The highest BCUT2D eigenvalue weighted by Crippen LogP contribution is 2.40. The highest BCUT2D eigenvalue weighted by molar-refractivity contribution is 7.88. The summed E-state index contributed by atoms with van der Waals surface area (Å²) in [6.07, 6.45) is 0.786. The normalized spacial score (nSPS) is 22.5. The van der Waals surface area contributed by atoms with E-state index in [0.717, 1.165) is 4.88 Å². The number of hydrogen-bond donors (Lipinski definition) is 2. The second kappa shape index (κ2) is 6.68. The highest BCUT2D eigenvalue weighted by Gasteiger charge is 2.37. The smallest absolute Gasteiger partial charge is 0.216 e. The van der Waals surface area contributed by atoms with Crippen molar-refractivity contribution in [3.05, 3.63) is 58.0 Å². The first-order valence-electron chi connectivity index (χ1n) is 7.39. The Morgan fingerprint density at radius 2 is 2.00 bits per heavy atom. The van der Waals surface area contributed by atoms with E-state index in [1.165, 1.54) is 29.5 Å². The molecule has 0 amide bonds. The average molecular weight is 355 g/mol. The number of sulfonamides is 1. The third kappa shape index (κ3) is 3.98. The van der Waals surface area contributed by atoms with Crippen LogP contribution in [-0.2, 0) is 15.8 Å². The van der Waals surface area contributed by atoms with E-state index < -0.39 is 21.6 Å². The van der Waals surface area contributed by atoms with E-state index in [0.29, 0.717) is 12.8 Å². The fourth-order valence-corrected chi connectivity index (χ4v) is 5.19. The lowest BCUT2D eigenvalue weighted by Crippen LogP contribution is -2.41. The van der Waals surface area contributed by atoms with Gasteiger partial charge in [-0.15, -0.1) is 11.3 Å². The van der Waals surface area contributed by atoms with Crippen LogP contribution in [0.25, 0.3) is 0 Å². The Kier molecular flexibility index (Phi) is 4.82. The van der Waals surface area contributed by atoms with Gasteiger partial charge in [-0.1, -0.05) is 24.3 Å². The molecule has 1 saturated carbocycles. The molecule has 0 unspecified atom stereocenters. The van der Waals surface area contributed by atoms with Gasteiger partial charge in [-0.25, -0.2) is 17.5 Å². The zero-order valence-electron chi connectivity index (χ0n) is 12.4. The van der Waals surface area contributed by atoms with Crippen molar-refractivity contribution in [3.63, 3.8) is 0 Å². The molecule has 0 aliphatic heterocycles. The number of benzene rings is 1. The van der Waals surface area contributed by atoms with Crippen molar-refractivity contribution in [2.24, 2.45) is 5.92 Å². The maximum absolute atomic E-state index is 13.7. The van der Waals surface area contributed by atoms with Crippen molar-refractivity contribution in [1.82, 2.24) is 4.72 Å². The van der Waals surface area contributed by atoms with Gasteiger partial charge < -0.3 is 5.11 Å². The van der Waals surface area contributed by atoms with Crippen molar-refractivity contribution >= 4 is 21.4 Å². The Morgan fingerprint density at radius 1 is 1.26 bits per heavy atom. The standard InChI is InChI=1S/C16H18FNO3S2/c17-14-5-2-1-4-11(14)10-23(20,21)18-16(12-8-13(19)9-12)15-6-3-7-22-15/h1-7,12-13,16,18-19H,8-10H2/t12?,13?,16-/m1/s1. The number of thiophene rings is 1. The lowest BCUT2D eigenvalue weighted by atomic mass is 9.77. The molecule has 2 aromatic rings. The second-order valence-corrected chi connectivity index (χ2v) is 8.58. The molecular weight excluding hydrogens is 337 g/mol. The van der Waals surface area contributed by atoms with Gasteiger partial charge in [0.25, 0.3) is 0 Å². The van der Waals surface area contributed by atoms with Gasteiger partial charge in [-0.2, -0.15) is 0 Å². The van der Waals surface area contributed by atoms with Crippen LogP contribution in [0.3, 0.4) is 0 Å². The quantitative estimate of drug-likeness (QED) is 0.837. The Hall–Kier alpha value is -1.28. The Morgan fingerprint density at radius 3 is 2.61 bits per heavy atom. The maximum atomic E-state index is 13.7. The van der Waals surface area contributed by atoms with Gasteiger partial charge in [0.05, 0.1) is 17.9 Å². The zero-order chi connectivity index (χ0) is 16.4. The number of aliphatic hydroxyl groups excluding tert-OH is 1. The Bertz CT molecular complexity index is 755. The van der Waals surface area contributed by atoms with Crippen LogP contribution in [0.4, 0.5) is 4.39 Å². The molecule has 1 aromatic carbocycles. The van der Waals surface area contributed by atoms with Crippen LogP contribution >= 0.6 is 11.3 Å². The summed E-state index contributed by atoms with van der Waals surface area (Å²) >= 11 is 1.48. The van der Waals surface area contributed by atoms with Crippen molar-refractivity contribution in [3.8, 4) is 0 Å². The lowest BCUT2D eigenvalue weighted by Gasteiger charge is -2.37. The topological polar surface area (TPSA) is 66.4 Å². The molecule has 0 saturated heterocycles. The molecule has 4 nitrogen and oxygen atoms in total. The lowest BCUT2D eigenvalue weighted by molar-refractivity contribution is 0.0285. The molecule has 1 aromatic heterocycles. The summed E-state index contributed by atoms with van der Waals surface area (Å²) in [5.74, 6) is -0.847. The zero-order valence-corrected chi connectivity index (χ0v) is 14.0. The summed E-state index contributed by atoms with van der Waals surface area (Å²) in [5.41, 5.74) is 0.151. The predicted octanol–water partition coefficient (Wildman–Crippen LogP) is 2.82. The molecule has 124 valence electrons. The third-order valence-corrected chi connectivity index (χ3v) is 6.34. The van der Waals surface area contributed by atoms with Crippen LogP contribution < -0.4 is 4.72 Å². The van der Waals surface area contributed by atoms with Gasteiger partial charge in [-0.05, 0) is 36.3 Å². The van der Waals surface area contributed by atoms with Crippen LogP contribution in [0.2, 0.25) is 0 Å². The fourth-order valence-electron chi connectivity index (χ4n) is 2.81. The van der Waals surface area contributed by atoms with Crippen LogP contribution in [0.1, 0.15) is 29.3 Å². The van der Waals surface area contributed by atoms with Gasteiger partial charge in [0.1, 0.15) is 5.82 Å². The van der Waals surface area contributed by atoms with Crippen LogP contribution in [0.5, 0.6) is 0 Å². The monoisotopic (exact) mass is 355 g/mol. The minimum atomic E-state index is -3.69. The largest absolute Gasteiger partial charge is 0.393 e. The molecule has 23 heavy (non-hydrogen) atoms. The molecule has 1 fully saturated rings. The van der Waals surface area contributed by atoms with Gasteiger partial charge >= 0.3 is 0 Å². The summed E-state index contributed by atoms with van der Waals surface area (Å²) < 4.78 is 41.3. The van der Waals surface area contributed by atoms with Crippen LogP contribution in [0.15, 0.2) is 41.8 Å². The molecule has 1 heterocycles. The SMILES string of the molecule is O=S(=O)(Cc1ccccc1F)N[C@@H](c1cccs1)C1CC(O)C1. The Balaban J connectivity index is 1.77. The molecule has 3 rings (SSSR count). The van der Waals surface area contributed by atoms with Crippen molar-refractivity contribution in [2.45, 2.75) is 30.7 Å². The van der Waals surface area contributed by atoms with E-state index in [4.69, 9.17) is 0 Å². The maximum Gasteiger partial charge on any atom is 0.216 e. The van der Waals surface area contributed by atoms with Crippen LogP contribution in [0, 0.1) is 11.7 Å². The molecule has 1 atom stereocenters. The van der Waals surface area contributed by atoms with Gasteiger partial charge in [0.15, 0.2) is 0 Å². The third-order valence-electron chi connectivity index (χ3n) is 4.08. The van der Waals surface area contributed by atoms with Gasteiger partial charge in [-0.3, -0.25) is 0 Å². The van der Waals surface area contributed by atoms with E-state index in [-0.39, 0.29) is 23.6 Å². The first-order chi connectivity index (χ1) is 10.9. The summed E-state index contributed by atoms with van der Waals surface area (Å²) in [6.45, 7) is 0. The molecule has 0 bridgehead atoms. The number of aliphatic hydroxyl groups is 1. The van der Waals surface area contributed by atoms with Gasteiger partial charge in [0.2, 0.25) is 10.0 Å². The first kappa shape index (κ1) is 16.6. The molecule has 1 aliphatic rings. The average Bonchev–Trinajstić information content (AvgIpc) is 2.98. The fraction of sp³-hybridized carbons (Fsp3) is 0.375. The number of nitrogens with one attached hydrogen (secondary N) is 1. The second-order valence-electron chi connectivity index (χ2n) is 5.85. The van der Waals surface area contributed by atoms with E-state index in [9.17, 15) is 17.9 Å². The number of rotatable bonds is 6. The molecule has 7 heteroatoms. The molecule has 0 radical (unpaired) electrons. The van der Waals surface area contributed by atoms with Crippen molar-refractivity contribution in [2.75, 3.05) is 0 Å². The Labute approximate surface area is 139 Å². The van der Waals surface area contributed by atoms with Gasteiger partial charge in [0, 0.05) is 10.4 Å². The number of halogens is 1. The van der Waals surface area contributed by atoms with E-state index in [1.807, 2.05) is 17.5 Å². The summed E-state index contributed by atoms with van der Waals surface area (Å²) in [7, 11) is -3.69. The molecule has 1 aliphatic carbocycles. The predicted molar refractivity (Wildman–Crippen MR) is 88.0 cm³/mol. The highest BCUT2D eigenvalue weighted by atomic mass is 32.2.